The minimum atomic E-state index is -0.714. The molecule has 3 amide bonds. The third-order valence-corrected chi connectivity index (χ3v) is 7.27. The number of fused-ring (bicyclic) bond motifs is 4. The van der Waals surface area contributed by atoms with E-state index in [2.05, 4.69) is 24.3 Å². The molecule has 0 N–H and O–H groups in total. The third-order valence-electron chi connectivity index (χ3n) is 7.27. The van der Waals surface area contributed by atoms with Gasteiger partial charge in [0.15, 0.2) is 0 Å². The molecule has 0 atom stereocenters. The van der Waals surface area contributed by atoms with Gasteiger partial charge >= 0.3 is 12.1 Å². The molecule has 38 heavy (non-hydrogen) atoms. The Labute approximate surface area is 219 Å². The van der Waals surface area contributed by atoms with Gasteiger partial charge in [0.05, 0.1) is 17.7 Å². The van der Waals surface area contributed by atoms with Crippen LogP contribution in [0.25, 0.3) is 11.1 Å². The minimum absolute atomic E-state index is 0.00967. The monoisotopic (exact) mass is 511 g/mol. The molecule has 0 saturated carbocycles. The molecule has 0 aromatic heterocycles. The number of hydroxylamine groups is 2. The van der Waals surface area contributed by atoms with Crippen molar-refractivity contribution in [3.8, 4) is 11.1 Å². The van der Waals surface area contributed by atoms with Gasteiger partial charge in [0.25, 0.3) is 11.8 Å². The number of hydrogen-bond donors (Lipinski definition) is 0. The zero-order chi connectivity index (χ0) is 26.2. The maximum absolute atomic E-state index is 12.8. The molecule has 2 heterocycles. The molecule has 192 valence electrons. The summed E-state index contributed by atoms with van der Waals surface area (Å²) in [6.07, 6.45) is -0.389. The fourth-order valence-electron chi connectivity index (χ4n) is 5.34. The summed E-state index contributed by atoms with van der Waals surface area (Å²) in [5, 5.41) is 0.514. The van der Waals surface area contributed by atoms with Crippen LogP contribution in [0.15, 0.2) is 72.8 Å². The van der Waals surface area contributed by atoms with Gasteiger partial charge in [0, 0.05) is 32.1 Å². The Morgan fingerprint density at radius 2 is 1.21 bits per heavy atom. The molecular formula is C29H25N3O6. The Hall–Kier alpha value is -4.50. The lowest BCUT2D eigenvalue weighted by molar-refractivity contribution is -0.170. The first-order valence-corrected chi connectivity index (χ1v) is 12.5. The van der Waals surface area contributed by atoms with E-state index in [9.17, 15) is 19.2 Å². The van der Waals surface area contributed by atoms with Gasteiger partial charge in [-0.3, -0.25) is 14.5 Å². The van der Waals surface area contributed by atoms with E-state index in [0.717, 1.165) is 11.1 Å². The van der Waals surface area contributed by atoms with Crippen LogP contribution in [-0.2, 0) is 14.4 Å². The van der Waals surface area contributed by atoms with Crippen molar-refractivity contribution in [2.75, 3.05) is 39.3 Å². The molecule has 1 aliphatic carbocycles. The van der Waals surface area contributed by atoms with Gasteiger partial charge in [0.1, 0.15) is 6.61 Å². The normalized spacial score (nSPS) is 16.7. The van der Waals surface area contributed by atoms with E-state index in [0.29, 0.717) is 31.2 Å². The predicted molar refractivity (Wildman–Crippen MR) is 136 cm³/mol. The molecule has 0 unspecified atom stereocenters. The highest BCUT2D eigenvalue weighted by Crippen LogP contribution is 2.44. The van der Waals surface area contributed by atoms with Gasteiger partial charge in [-0.1, -0.05) is 65.7 Å². The third kappa shape index (κ3) is 4.20. The summed E-state index contributed by atoms with van der Waals surface area (Å²) in [7, 11) is 0. The number of imide groups is 1. The number of piperazine rings is 1. The second-order valence-electron chi connectivity index (χ2n) is 9.48. The number of amides is 3. The summed E-state index contributed by atoms with van der Waals surface area (Å²) in [6.45, 7) is 1.78. The highest BCUT2D eigenvalue weighted by Gasteiger charge is 2.39. The molecule has 1 saturated heterocycles. The second kappa shape index (κ2) is 9.75. The zero-order valence-electron chi connectivity index (χ0n) is 20.5. The SMILES string of the molecule is O=C(CN1CCN(C(=O)OCC2c3ccccc3-c3ccccc32)CC1)ON1C(=O)c2ccccc2C1=O. The summed E-state index contributed by atoms with van der Waals surface area (Å²) in [5.41, 5.74) is 5.08. The number of hydrogen-bond acceptors (Lipinski definition) is 7. The quantitative estimate of drug-likeness (QED) is 0.485. The van der Waals surface area contributed by atoms with Crippen molar-refractivity contribution in [1.29, 1.82) is 0 Å². The maximum atomic E-state index is 12.8. The summed E-state index contributed by atoms with van der Waals surface area (Å²) >= 11 is 0. The van der Waals surface area contributed by atoms with Crippen LogP contribution in [-0.4, -0.2) is 78.1 Å². The lowest BCUT2D eigenvalue weighted by Crippen LogP contribution is -2.50. The van der Waals surface area contributed by atoms with E-state index in [1.807, 2.05) is 29.2 Å². The van der Waals surface area contributed by atoms with E-state index in [1.165, 1.54) is 23.3 Å². The Balaban J connectivity index is 0.995. The fourth-order valence-corrected chi connectivity index (χ4v) is 5.34. The standard InChI is InChI=1S/C29H25N3O6/c33-26(38-32-27(34)23-11-5-6-12-24(23)28(32)35)17-30-13-15-31(16-14-30)29(36)37-18-25-21-9-3-1-7-19(21)20-8-2-4-10-22(20)25/h1-12,25H,13-18H2. The zero-order valence-corrected chi connectivity index (χ0v) is 20.5. The minimum Gasteiger partial charge on any atom is -0.448 e. The number of nitrogens with zero attached hydrogens (tertiary/aromatic N) is 3. The van der Waals surface area contributed by atoms with Crippen molar-refractivity contribution >= 4 is 23.9 Å². The molecular weight excluding hydrogens is 486 g/mol. The van der Waals surface area contributed by atoms with Crippen LogP contribution < -0.4 is 0 Å². The Bertz CT molecular complexity index is 1360. The van der Waals surface area contributed by atoms with Gasteiger partial charge in [-0.25, -0.2) is 9.59 Å². The molecule has 3 aromatic rings. The summed E-state index contributed by atoms with van der Waals surface area (Å²) in [6, 6.07) is 22.7. The highest BCUT2D eigenvalue weighted by atomic mass is 16.7. The molecule has 9 nitrogen and oxygen atoms in total. The second-order valence-corrected chi connectivity index (χ2v) is 9.48. The molecule has 0 radical (unpaired) electrons. The van der Waals surface area contributed by atoms with E-state index in [1.54, 1.807) is 17.0 Å². The summed E-state index contributed by atoms with van der Waals surface area (Å²) in [5.74, 6) is -2.03. The first-order chi connectivity index (χ1) is 18.5. The van der Waals surface area contributed by atoms with Crippen LogP contribution in [0.4, 0.5) is 4.79 Å². The van der Waals surface area contributed by atoms with Gasteiger partial charge in [0.2, 0.25) is 0 Å². The van der Waals surface area contributed by atoms with Crippen LogP contribution >= 0.6 is 0 Å². The van der Waals surface area contributed by atoms with Crippen LogP contribution in [0.2, 0.25) is 0 Å². The van der Waals surface area contributed by atoms with E-state index in [-0.39, 0.29) is 36.3 Å². The Morgan fingerprint density at radius 1 is 0.711 bits per heavy atom. The smallest absolute Gasteiger partial charge is 0.409 e. The molecule has 1 fully saturated rings. The topological polar surface area (TPSA) is 96.5 Å². The van der Waals surface area contributed by atoms with Crippen molar-refractivity contribution < 1.29 is 28.8 Å². The number of carbonyl (C=O) groups is 4. The van der Waals surface area contributed by atoms with Gasteiger partial charge in [-0.2, -0.15) is 0 Å². The van der Waals surface area contributed by atoms with E-state index >= 15 is 0 Å². The fraction of sp³-hybridized carbons (Fsp3) is 0.241. The van der Waals surface area contributed by atoms with E-state index < -0.39 is 17.8 Å². The average Bonchev–Trinajstić information content (AvgIpc) is 3.39. The first-order valence-electron chi connectivity index (χ1n) is 12.5. The van der Waals surface area contributed by atoms with Crippen molar-refractivity contribution in [3.63, 3.8) is 0 Å². The van der Waals surface area contributed by atoms with Crippen LogP contribution in [0.5, 0.6) is 0 Å². The molecule has 6 rings (SSSR count). The van der Waals surface area contributed by atoms with Gasteiger partial charge in [-0.15, -0.1) is 0 Å². The van der Waals surface area contributed by atoms with Crippen molar-refractivity contribution in [2.45, 2.75) is 5.92 Å². The van der Waals surface area contributed by atoms with Crippen LogP contribution in [0.3, 0.4) is 0 Å². The lowest BCUT2D eigenvalue weighted by atomic mass is 9.98. The highest BCUT2D eigenvalue weighted by molar-refractivity contribution is 6.20. The molecule has 3 aromatic carbocycles. The number of benzene rings is 3. The van der Waals surface area contributed by atoms with Crippen molar-refractivity contribution in [3.05, 3.63) is 95.1 Å². The van der Waals surface area contributed by atoms with Crippen molar-refractivity contribution in [2.24, 2.45) is 0 Å². The van der Waals surface area contributed by atoms with Crippen LogP contribution in [0.1, 0.15) is 37.8 Å². The predicted octanol–water partition coefficient (Wildman–Crippen LogP) is 3.31. The molecule has 0 spiro atoms. The van der Waals surface area contributed by atoms with Gasteiger partial charge in [-0.05, 0) is 34.4 Å². The van der Waals surface area contributed by atoms with Gasteiger partial charge < -0.3 is 14.5 Å². The summed E-state index contributed by atoms with van der Waals surface area (Å²) in [4.78, 5) is 58.6. The number of carbonyl (C=O) groups excluding carboxylic acids is 4. The lowest BCUT2D eigenvalue weighted by Gasteiger charge is -2.33. The van der Waals surface area contributed by atoms with Crippen molar-refractivity contribution in [1.82, 2.24) is 14.9 Å². The maximum Gasteiger partial charge on any atom is 0.409 e. The molecule has 3 aliphatic rings. The first kappa shape index (κ1) is 23.9. The average molecular weight is 512 g/mol. The molecule has 0 bridgehead atoms. The van der Waals surface area contributed by atoms with Crippen LogP contribution in [0, 0.1) is 0 Å². The summed E-state index contributed by atoms with van der Waals surface area (Å²) < 4.78 is 5.73. The Kier molecular flexibility index (Phi) is 6.13. The largest absolute Gasteiger partial charge is 0.448 e. The molecule has 2 aliphatic heterocycles. The number of ether oxygens (including phenoxy) is 1. The Morgan fingerprint density at radius 3 is 1.76 bits per heavy atom. The molecule has 9 heteroatoms. The van der Waals surface area contributed by atoms with E-state index in [4.69, 9.17) is 9.57 Å². The number of rotatable bonds is 5.